The number of carbonyl (C=O) groups excluding carboxylic acids is 1. The largest absolute Gasteiger partial charge is 0.480 e. The first-order valence-electron chi connectivity index (χ1n) is 6.49. The smallest absolute Gasteiger partial charge is 0.326 e. The Morgan fingerprint density at radius 1 is 1.39 bits per heavy atom. The van der Waals surface area contributed by atoms with Crippen LogP contribution < -0.4 is 0 Å². The highest BCUT2D eigenvalue weighted by molar-refractivity contribution is 5.83. The molecular weight excluding hydrogens is 236 g/mol. The van der Waals surface area contributed by atoms with E-state index in [1.54, 1.807) is 4.90 Å². The number of aliphatic hydroxyl groups is 1. The maximum absolute atomic E-state index is 12.3. The molecule has 1 aliphatic carbocycles. The molecule has 0 unspecified atom stereocenters. The van der Waals surface area contributed by atoms with E-state index in [1.165, 1.54) is 4.90 Å². The molecule has 0 aromatic carbocycles. The molecule has 2 N–H and O–H groups in total. The van der Waals surface area contributed by atoms with Crippen LogP contribution in [0.25, 0.3) is 0 Å². The quantitative estimate of drug-likeness (QED) is 0.761. The third-order valence-corrected chi connectivity index (χ3v) is 3.64. The Morgan fingerprint density at radius 2 is 2.06 bits per heavy atom. The highest BCUT2D eigenvalue weighted by Gasteiger charge is 2.41. The van der Waals surface area contributed by atoms with Gasteiger partial charge in [-0.05, 0) is 25.7 Å². The van der Waals surface area contributed by atoms with Gasteiger partial charge in [0.05, 0.1) is 6.10 Å². The number of amides is 2. The minimum atomic E-state index is -1.04. The SMILES string of the molecule is CCN(CC1CC1)C(=O)N1C[C@H](O)C[C@@H]1C(=O)O. The summed E-state index contributed by atoms with van der Waals surface area (Å²) in [5.41, 5.74) is 0. The molecule has 18 heavy (non-hydrogen) atoms. The molecule has 1 aliphatic heterocycles. The molecular formula is C12H20N2O4. The number of nitrogens with zero attached hydrogens (tertiary/aromatic N) is 2. The molecule has 2 rings (SSSR count). The van der Waals surface area contributed by atoms with E-state index < -0.39 is 18.1 Å². The van der Waals surface area contributed by atoms with Crippen LogP contribution in [0.5, 0.6) is 0 Å². The van der Waals surface area contributed by atoms with E-state index >= 15 is 0 Å². The molecule has 1 heterocycles. The predicted octanol–water partition coefficient (Wildman–Crippen LogP) is 0.358. The number of hydrogen-bond acceptors (Lipinski definition) is 3. The molecule has 2 atom stereocenters. The lowest BCUT2D eigenvalue weighted by molar-refractivity contribution is -0.141. The van der Waals surface area contributed by atoms with Crippen LogP contribution in [-0.4, -0.2) is 63.8 Å². The Morgan fingerprint density at radius 3 is 2.56 bits per heavy atom. The van der Waals surface area contributed by atoms with Crippen molar-refractivity contribution in [1.29, 1.82) is 0 Å². The van der Waals surface area contributed by atoms with Gasteiger partial charge in [0.25, 0.3) is 0 Å². The van der Waals surface area contributed by atoms with Gasteiger partial charge in [-0.1, -0.05) is 0 Å². The van der Waals surface area contributed by atoms with Gasteiger partial charge in [0, 0.05) is 26.1 Å². The summed E-state index contributed by atoms with van der Waals surface area (Å²) >= 11 is 0. The fourth-order valence-electron chi connectivity index (χ4n) is 2.40. The first-order chi connectivity index (χ1) is 8.52. The monoisotopic (exact) mass is 256 g/mol. The summed E-state index contributed by atoms with van der Waals surface area (Å²) in [7, 11) is 0. The van der Waals surface area contributed by atoms with Crippen molar-refractivity contribution in [3.8, 4) is 0 Å². The number of β-amino-alcohol motifs (C(OH)–C–C–N with tert-alkyl or cyclic N) is 1. The van der Waals surface area contributed by atoms with Gasteiger partial charge < -0.3 is 20.0 Å². The molecule has 6 heteroatoms. The van der Waals surface area contributed by atoms with Crippen molar-refractivity contribution >= 4 is 12.0 Å². The van der Waals surface area contributed by atoms with Gasteiger partial charge in [0.2, 0.25) is 0 Å². The van der Waals surface area contributed by atoms with Gasteiger partial charge in [-0.3, -0.25) is 0 Å². The molecule has 2 fully saturated rings. The average Bonchev–Trinajstić information content (AvgIpc) is 3.05. The van der Waals surface area contributed by atoms with Crippen LogP contribution in [0, 0.1) is 5.92 Å². The normalized spacial score (nSPS) is 27.3. The van der Waals surface area contributed by atoms with Crippen molar-refractivity contribution in [3.63, 3.8) is 0 Å². The second-order valence-corrected chi connectivity index (χ2v) is 5.16. The molecule has 0 bridgehead atoms. The number of carbonyl (C=O) groups is 2. The lowest BCUT2D eigenvalue weighted by Gasteiger charge is -2.29. The molecule has 0 radical (unpaired) electrons. The van der Waals surface area contributed by atoms with Crippen molar-refractivity contribution in [2.45, 2.75) is 38.3 Å². The number of aliphatic hydroxyl groups excluding tert-OH is 1. The Hall–Kier alpha value is -1.30. The highest BCUT2D eigenvalue weighted by Crippen LogP contribution is 2.30. The van der Waals surface area contributed by atoms with Crippen molar-refractivity contribution in [2.24, 2.45) is 5.92 Å². The first-order valence-corrected chi connectivity index (χ1v) is 6.49. The topological polar surface area (TPSA) is 81.1 Å². The summed E-state index contributed by atoms with van der Waals surface area (Å²) < 4.78 is 0. The van der Waals surface area contributed by atoms with E-state index in [-0.39, 0.29) is 19.0 Å². The number of carboxylic acid groups (broad SMARTS) is 1. The maximum atomic E-state index is 12.3. The van der Waals surface area contributed by atoms with Crippen LogP contribution in [0.2, 0.25) is 0 Å². The maximum Gasteiger partial charge on any atom is 0.326 e. The zero-order chi connectivity index (χ0) is 13.3. The second-order valence-electron chi connectivity index (χ2n) is 5.16. The number of carboxylic acids is 1. The van der Waals surface area contributed by atoms with E-state index in [4.69, 9.17) is 5.11 Å². The van der Waals surface area contributed by atoms with Crippen LogP contribution in [0.4, 0.5) is 4.79 Å². The third-order valence-electron chi connectivity index (χ3n) is 3.64. The lowest BCUT2D eigenvalue weighted by atomic mass is 10.2. The molecule has 0 spiro atoms. The molecule has 6 nitrogen and oxygen atoms in total. The Labute approximate surface area is 106 Å². The number of urea groups is 1. The number of rotatable bonds is 4. The van der Waals surface area contributed by atoms with Gasteiger partial charge in [-0.2, -0.15) is 0 Å². The number of hydrogen-bond donors (Lipinski definition) is 2. The minimum absolute atomic E-state index is 0.122. The van der Waals surface area contributed by atoms with E-state index in [9.17, 15) is 14.7 Å². The zero-order valence-electron chi connectivity index (χ0n) is 10.6. The molecule has 0 aromatic rings. The van der Waals surface area contributed by atoms with E-state index in [1.807, 2.05) is 6.92 Å². The van der Waals surface area contributed by atoms with Crippen molar-refractivity contribution in [1.82, 2.24) is 9.80 Å². The van der Waals surface area contributed by atoms with Crippen molar-refractivity contribution in [3.05, 3.63) is 0 Å². The van der Waals surface area contributed by atoms with Gasteiger partial charge in [-0.15, -0.1) is 0 Å². The third kappa shape index (κ3) is 2.75. The minimum Gasteiger partial charge on any atom is -0.480 e. The molecule has 2 amide bonds. The van der Waals surface area contributed by atoms with Gasteiger partial charge in [0.1, 0.15) is 6.04 Å². The standard InChI is InChI=1S/C12H20N2O4/c1-2-13(6-8-3-4-8)12(18)14-7-9(15)5-10(14)11(16)17/h8-10,15H,2-7H2,1H3,(H,16,17)/t9-,10-/m1/s1. The summed E-state index contributed by atoms with van der Waals surface area (Å²) in [4.78, 5) is 26.3. The second kappa shape index (κ2) is 5.14. The Bertz CT molecular complexity index is 343. The fraction of sp³-hybridized carbons (Fsp3) is 0.833. The van der Waals surface area contributed by atoms with Crippen molar-refractivity contribution in [2.75, 3.05) is 19.6 Å². The summed E-state index contributed by atoms with van der Waals surface area (Å²) in [6.07, 6.45) is 1.70. The summed E-state index contributed by atoms with van der Waals surface area (Å²) in [6, 6.07) is -1.14. The number of likely N-dealkylation sites (tertiary alicyclic amines) is 1. The van der Waals surface area contributed by atoms with E-state index in [0.717, 1.165) is 12.8 Å². The van der Waals surface area contributed by atoms with Crippen LogP contribution >= 0.6 is 0 Å². The summed E-state index contributed by atoms with van der Waals surface area (Å²) in [5.74, 6) is -0.466. The van der Waals surface area contributed by atoms with Crippen molar-refractivity contribution < 1.29 is 19.8 Å². The van der Waals surface area contributed by atoms with E-state index in [0.29, 0.717) is 19.0 Å². The van der Waals surface area contributed by atoms with Gasteiger partial charge in [0.15, 0.2) is 0 Å². The fourth-order valence-corrected chi connectivity index (χ4v) is 2.40. The molecule has 2 aliphatic rings. The first kappa shape index (κ1) is 13.1. The van der Waals surface area contributed by atoms with Crippen LogP contribution in [0.1, 0.15) is 26.2 Å². The predicted molar refractivity (Wildman–Crippen MR) is 64.1 cm³/mol. The van der Waals surface area contributed by atoms with Gasteiger partial charge >= 0.3 is 12.0 Å². The van der Waals surface area contributed by atoms with E-state index in [2.05, 4.69) is 0 Å². The van der Waals surface area contributed by atoms with Crippen LogP contribution in [0.3, 0.4) is 0 Å². The molecule has 102 valence electrons. The Balaban J connectivity index is 2.02. The van der Waals surface area contributed by atoms with Gasteiger partial charge in [-0.25, -0.2) is 9.59 Å². The summed E-state index contributed by atoms with van der Waals surface area (Å²) in [5, 5.41) is 18.6. The molecule has 0 aromatic heterocycles. The average molecular weight is 256 g/mol. The Kier molecular flexibility index (Phi) is 3.75. The molecule has 1 saturated carbocycles. The zero-order valence-corrected chi connectivity index (χ0v) is 10.6. The summed E-state index contributed by atoms with van der Waals surface area (Å²) in [6.45, 7) is 3.29. The lowest BCUT2D eigenvalue weighted by Crippen LogP contribution is -2.48. The van der Waals surface area contributed by atoms with Crippen LogP contribution in [-0.2, 0) is 4.79 Å². The number of aliphatic carboxylic acids is 1. The highest BCUT2D eigenvalue weighted by atomic mass is 16.4. The molecule has 1 saturated heterocycles. The van der Waals surface area contributed by atoms with Crippen LogP contribution in [0.15, 0.2) is 0 Å².